The van der Waals surface area contributed by atoms with Gasteiger partial charge in [0, 0.05) is 17.7 Å². The van der Waals surface area contributed by atoms with Gasteiger partial charge in [-0.3, -0.25) is 0 Å². The summed E-state index contributed by atoms with van der Waals surface area (Å²) < 4.78 is 9.31. The quantitative estimate of drug-likeness (QED) is 0.271. The highest BCUT2D eigenvalue weighted by Crippen LogP contribution is 2.51. The lowest BCUT2D eigenvalue weighted by Crippen LogP contribution is -2.68. The molecule has 0 aliphatic heterocycles. The average Bonchev–Trinajstić information content (AvgIpc) is 3.30. The van der Waals surface area contributed by atoms with Crippen LogP contribution in [0.3, 0.4) is 0 Å². The van der Waals surface area contributed by atoms with E-state index in [0.717, 1.165) is 11.3 Å². The highest BCUT2D eigenvalue weighted by Gasteiger charge is 2.60. The van der Waals surface area contributed by atoms with Crippen LogP contribution in [0.2, 0.25) is 10.2 Å². The van der Waals surface area contributed by atoms with Gasteiger partial charge < -0.3 is 9.27 Å². The van der Waals surface area contributed by atoms with E-state index in [4.69, 9.17) is 22.6 Å². The van der Waals surface area contributed by atoms with Gasteiger partial charge in [-0.25, -0.2) is 16.1 Å². The van der Waals surface area contributed by atoms with Crippen LogP contribution in [0.15, 0.2) is 72.9 Å². The Morgan fingerprint density at radius 1 is 1.03 bits per heavy atom. The Morgan fingerprint density at radius 2 is 1.60 bits per heavy atom. The summed E-state index contributed by atoms with van der Waals surface area (Å²) >= 11 is 6.25. The van der Waals surface area contributed by atoms with E-state index >= 15 is 0 Å². The summed E-state index contributed by atoms with van der Waals surface area (Å²) in [4.78, 5) is 8.67. The first-order chi connectivity index (χ1) is 16.6. The summed E-state index contributed by atoms with van der Waals surface area (Å²) in [6.45, 7) is 19.3. The Balaban J connectivity index is 1.76. The summed E-state index contributed by atoms with van der Waals surface area (Å²) in [6.07, 6.45) is 1.42. The molecule has 0 radical (unpaired) electrons. The van der Waals surface area contributed by atoms with Gasteiger partial charge in [-0.1, -0.05) is 107 Å². The standard InChI is InChI=1S/C28H29ClN4OSi/c1-27(2,3)35(19-13-9-7-10-14-19,20-15-11-8-12-16-20)34-26-24(30-6)21-18-31-23-17-22(29)32-33(23)25(21)28(26,4)5/h7-18,24,26H,1-5H3. The molecule has 0 fully saturated rings. The number of halogens is 1. The van der Waals surface area contributed by atoms with Crippen LogP contribution in [0.5, 0.6) is 0 Å². The Bertz CT molecular complexity index is 1380. The molecule has 2 aromatic heterocycles. The molecular weight excluding hydrogens is 472 g/mol. The van der Waals surface area contributed by atoms with E-state index in [-0.39, 0.29) is 5.04 Å². The number of nitrogens with zero attached hydrogens (tertiary/aromatic N) is 4. The van der Waals surface area contributed by atoms with Crippen LogP contribution in [-0.2, 0) is 9.84 Å². The molecule has 5 rings (SSSR count). The van der Waals surface area contributed by atoms with E-state index in [9.17, 15) is 0 Å². The van der Waals surface area contributed by atoms with E-state index in [1.54, 1.807) is 10.6 Å². The largest absolute Gasteiger partial charge is 0.395 e. The number of aromatic nitrogens is 3. The molecule has 0 N–H and O–H groups in total. The van der Waals surface area contributed by atoms with Crippen LogP contribution < -0.4 is 10.4 Å². The van der Waals surface area contributed by atoms with Gasteiger partial charge in [0.1, 0.15) is 6.10 Å². The second-order valence-corrected chi connectivity index (χ2v) is 15.4. The average molecular weight is 501 g/mol. The molecule has 4 aromatic rings. The zero-order valence-corrected chi connectivity index (χ0v) is 22.4. The van der Waals surface area contributed by atoms with Crippen molar-refractivity contribution in [3.8, 4) is 0 Å². The van der Waals surface area contributed by atoms with Crippen LogP contribution in [0.1, 0.15) is 51.9 Å². The van der Waals surface area contributed by atoms with Crippen molar-refractivity contribution in [3.05, 3.63) is 101 Å². The number of hydrogen-bond acceptors (Lipinski definition) is 3. The number of benzene rings is 2. The van der Waals surface area contributed by atoms with Gasteiger partial charge in [0.15, 0.2) is 10.8 Å². The zero-order chi connectivity index (χ0) is 25.0. The smallest absolute Gasteiger partial charge is 0.277 e. The van der Waals surface area contributed by atoms with Crippen molar-refractivity contribution in [2.45, 2.75) is 57.2 Å². The first-order valence-electron chi connectivity index (χ1n) is 11.8. The van der Waals surface area contributed by atoms with Crippen LogP contribution in [0.4, 0.5) is 0 Å². The van der Waals surface area contributed by atoms with Crippen LogP contribution >= 0.6 is 11.6 Å². The highest BCUT2D eigenvalue weighted by molar-refractivity contribution is 6.99. The minimum atomic E-state index is -2.88. The molecule has 0 saturated carbocycles. The third kappa shape index (κ3) is 3.53. The second-order valence-electron chi connectivity index (χ2n) is 10.8. The summed E-state index contributed by atoms with van der Waals surface area (Å²) in [7, 11) is -2.88. The molecule has 5 nitrogen and oxygen atoms in total. The molecule has 7 heteroatoms. The topological polar surface area (TPSA) is 43.8 Å². The van der Waals surface area contributed by atoms with Gasteiger partial charge in [-0.15, -0.1) is 0 Å². The van der Waals surface area contributed by atoms with E-state index in [1.165, 1.54) is 10.4 Å². The second kappa shape index (κ2) is 8.30. The molecule has 0 spiro atoms. The lowest BCUT2D eigenvalue weighted by molar-refractivity contribution is 0.114. The fourth-order valence-corrected chi connectivity index (χ4v) is 10.7. The fourth-order valence-electron chi connectivity index (χ4n) is 5.70. The predicted octanol–water partition coefficient (Wildman–Crippen LogP) is 5.58. The Kier molecular flexibility index (Phi) is 5.63. The van der Waals surface area contributed by atoms with Crippen LogP contribution in [0.25, 0.3) is 10.5 Å². The molecule has 2 atom stereocenters. The van der Waals surface area contributed by atoms with E-state index < -0.39 is 25.9 Å². The molecule has 2 aromatic carbocycles. The SMILES string of the molecule is [C-]#[N+]C1c2cnc3cc(Cl)nn3c2C(C)(C)C1O[Si](c1ccccc1)(c1ccccc1)C(C)(C)C. The Morgan fingerprint density at radius 3 is 2.11 bits per heavy atom. The van der Waals surface area contributed by atoms with Gasteiger partial charge in [-0.05, 0) is 15.4 Å². The van der Waals surface area contributed by atoms with Gasteiger partial charge >= 0.3 is 0 Å². The first-order valence-corrected chi connectivity index (χ1v) is 14.1. The third-order valence-electron chi connectivity index (χ3n) is 7.27. The van der Waals surface area contributed by atoms with Crippen molar-refractivity contribution < 1.29 is 4.43 Å². The predicted molar refractivity (Wildman–Crippen MR) is 143 cm³/mol. The maximum Gasteiger partial charge on any atom is 0.277 e. The molecule has 0 saturated heterocycles. The van der Waals surface area contributed by atoms with E-state index in [1.807, 2.05) is 18.3 Å². The highest BCUT2D eigenvalue weighted by atomic mass is 35.5. The third-order valence-corrected chi connectivity index (χ3v) is 12.5. The van der Waals surface area contributed by atoms with Gasteiger partial charge in [0.25, 0.3) is 14.4 Å². The minimum absolute atomic E-state index is 0.199. The summed E-state index contributed by atoms with van der Waals surface area (Å²) in [5, 5.41) is 7.09. The summed E-state index contributed by atoms with van der Waals surface area (Å²) in [5.74, 6) is 0. The Hall–Kier alpha value is -2.98. The Labute approximate surface area is 212 Å². The monoisotopic (exact) mass is 500 g/mol. The number of rotatable bonds is 4. The molecule has 1 aliphatic carbocycles. The molecule has 2 heterocycles. The molecule has 2 unspecified atom stereocenters. The molecule has 1 aliphatic rings. The maximum atomic E-state index is 8.20. The number of fused-ring (bicyclic) bond motifs is 3. The lowest BCUT2D eigenvalue weighted by atomic mass is 9.87. The summed E-state index contributed by atoms with van der Waals surface area (Å²) in [5.41, 5.74) is 1.98. The van der Waals surface area contributed by atoms with Crippen LogP contribution in [0, 0.1) is 6.57 Å². The lowest BCUT2D eigenvalue weighted by Gasteiger charge is -2.46. The molecule has 0 bridgehead atoms. The van der Waals surface area contributed by atoms with Crippen LogP contribution in [-0.4, -0.2) is 29.0 Å². The van der Waals surface area contributed by atoms with Crippen molar-refractivity contribution in [2.75, 3.05) is 0 Å². The fraction of sp³-hybridized carbons (Fsp3) is 0.321. The van der Waals surface area contributed by atoms with Gasteiger partial charge in [0.05, 0.1) is 11.3 Å². The number of hydrogen-bond donors (Lipinski definition) is 0. The molecule has 0 amide bonds. The van der Waals surface area contributed by atoms with Crippen molar-refractivity contribution >= 4 is 35.9 Å². The molecule has 35 heavy (non-hydrogen) atoms. The van der Waals surface area contributed by atoms with Crippen molar-refractivity contribution in [1.82, 2.24) is 14.6 Å². The zero-order valence-electron chi connectivity index (χ0n) is 20.7. The maximum absolute atomic E-state index is 8.20. The normalized spacial score (nSPS) is 19.5. The summed E-state index contributed by atoms with van der Waals surface area (Å²) in [6, 6.07) is 22.4. The van der Waals surface area contributed by atoms with Crippen molar-refractivity contribution in [1.29, 1.82) is 0 Å². The van der Waals surface area contributed by atoms with E-state index in [0.29, 0.717) is 10.8 Å². The van der Waals surface area contributed by atoms with Gasteiger partial charge in [0.2, 0.25) is 0 Å². The molecule has 178 valence electrons. The van der Waals surface area contributed by atoms with E-state index in [2.05, 4.69) is 98.1 Å². The van der Waals surface area contributed by atoms with Crippen molar-refractivity contribution in [3.63, 3.8) is 0 Å². The first kappa shape index (κ1) is 23.7. The minimum Gasteiger partial charge on any atom is -0.395 e. The molecular formula is C28H29ClN4OSi. The van der Waals surface area contributed by atoms with Gasteiger partial charge in [-0.2, -0.15) is 5.10 Å². The van der Waals surface area contributed by atoms with Crippen molar-refractivity contribution in [2.24, 2.45) is 0 Å².